The van der Waals surface area contributed by atoms with Gasteiger partial charge in [0.15, 0.2) is 0 Å². The zero-order chi connectivity index (χ0) is 14.5. The van der Waals surface area contributed by atoms with E-state index in [0.717, 1.165) is 17.7 Å². The highest BCUT2D eigenvalue weighted by atomic mass is 16.5. The van der Waals surface area contributed by atoms with Gasteiger partial charge in [0.25, 0.3) is 0 Å². The highest BCUT2D eigenvalue weighted by molar-refractivity contribution is 5.73. The molecule has 0 spiro atoms. The molecule has 0 aliphatic carbocycles. The molecule has 2 amide bonds. The van der Waals surface area contributed by atoms with Gasteiger partial charge in [-0.2, -0.15) is 0 Å². The smallest absolute Gasteiger partial charge is 0.316 e. The van der Waals surface area contributed by atoms with Crippen LogP contribution < -0.4 is 10.1 Å². The molecule has 4 nitrogen and oxygen atoms in total. The summed E-state index contributed by atoms with van der Waals surface area (Å²) in [6.45, 7) is 6.70. The third kappa shape index (κ3) is 6.13. The van der Waals surface area contributed by atoms with Crippen LogP contribution in [0.25, 0.3) is 0 Å². The van der Waals surface area contributed by atoms with Crippen LogP contribution >= 0.6 is 0 Å². The lowest BCUT2D eigenvalue weighted by atomic mass is 10.1. The predicted octanol–water partition coefficient (Wildman–Crippen LogP) is 2.68. The summed E-state index contributed by atoms with van der Waals surface area (Å²) >= 11 is 0. The number of benzene rings is 1. The number of hydrogen-bond donors (Lipinski definition) is 1. The lowest BCUT2D eigenvalue weighted by Gasteiger charge is -2.21. The number of carbonyl (C=O) groups is 1. The number of urea groups is 1. The molecule has 0 radical (unpaired) electrons. The van der Waals surface area contributed by atoms with Crippen molar-refractivity contribution >= 4 is 6.03 Å². The molecule has 0 aliphatic heterocycles. The Hall–Kier alpha value is -1.71. The standard InChI is InChI=1S/C15H24N2O2/c1-15(2,3)19-13-8-6-7-12(11-13)9-10-16-14(18)17(4)5/h6-8,11H,9-10H2,1-5H3,(H,16,18). The molecular weight excluding hydrogens is 240 g/mol. The molecule has 106 valence electrons. The summed E-state index contributed by atoms with van der Waals surface area (Å²) in [5.41, 5.74) is 0.957. The lowest BCUT2D eigenvalue weighted by molar-refractivity contribution is 0.131. The molecule has 0 atom stereocenters. The minimum Gasteiger partial charge on any atom is -0.488 e. The van der Waals surface area contributed by atoms with E-state index in [1.807, 2.05) is 45.0 Å². The van der Waals surface area contributed by atoms with Crippen LogP contribution in [0.15, 0.2) is 24.3 Å². The zero-order valence-corrected chi connectivity index (χ0v) is 12.5. The molecule has 1 N–H and O–H groups in total. The van der Waals surface area contributed by atoms with E-state index >= 15 is 0 Å². The van der Waals surface area contributed by atoms with Crippen LogP contribution in [0.1, 0.15) is 26.3 Å². The van der Waals surface area contributed by atoms with Crippen molar-refractivity contribution in [2.24, 2.45) is 0 Å². The van der Waals surface area contributed by atoms with E-state index in [-0.39, 0.29) is 11.6 Å². The number of nitrogens with one attached hydrogen (secondary N) is 1. The molecule has 0 unspecified atom stereocenters. The molecule has 0 saturated heterocycles. The van der Waals surface area contributed by atoms with Crippen LogP contribution in [0.5, 0.6) is 5.75 Å². The van der Waals surface area contributed by atoms with E-state index in [9.17, 15) is 4.79 Å². The Morgan fingerprint density at radius 1 is 1.32 bits per heavy atom. The molecule has 0 aliphatic rings. The predicted molar refractivity (Wildman–Crippen MR) is 77.6 cm³/mol. The van der Waals surface area contributed by atoms with Crippen LogP contribution in [0, 0.1) is 0 Å². The second-order valence-electron chi connectivity index (χ2n) is 5.74. The van der Waals surface area contributed by atoms with E-state index in [0.29, 0.717) is 6.54 Å². The quantitative estimate of drug-likeness (QED) is 0.908. The molecule has 0 bridgehead atoms. The second-order valence-corrected chi connectivity index (χ2v) is 5.74. The molecule has 0 heterocycles. The normalized spacial score (nSPS) is 11.0. The molecule has 0 saturated carbocycles. The fourth-order valence-corrected chi connectivity index (χ4v) is 1.59. The average molecular weight is 264 g/mol. The summed E-state index contributed by atoms with van der Waals surface area (Å²) in [5.74, 6) is 0.865. The summed E-state index contributed by atoms with van der Waals surface area (Å²) in [4.78, 5) is 12.9. The fraction of sp³-hybridized carbons (Fsp3) is 0.533. The summed E-state index contributed by atoms with van der Waals surface area (Å²) in [6, 6.07) is 7.92. The molecule has 0 aromatic heterocycles. The van der Waals surface area contributed by atoms with Gasteiger partial charge in [-0.1, -0.05) is 12.1 Å². The Bertz CT molecular complexity index is 422. The van der Waals surface area contributed by atoms with Gasteiger partial charge >= 0.3 is 6.03 Å². The molecule has 19 heavy (non-hydrogen) atoms. The summed E-state index contributed by atoms with van der Waals surface area (Å²) < 4.78 is 5.81. The minimum atomic E-state index is -0.197. The van der Waals surface area contributed by atoms with Crippen molar-refractivity contribution in [2.75, 3.05) is 20.6 Å². The molecule has 1 rings (SSSR count). The number of amides is 2. The molecular formula is C15H24N2O2. The topological polar surface area (TPSA) is 41.6 Å². The van der Waals surface area contributed by atoms with Gasteiger partial charge < -0.3 is 15.0 Å². The molecule has 1 aromatic carbocycles. The van der Waals surface area contributed by atoms with E-state index in [2.05, 4.69) is 5.32 Å². The van der Waals surface area contributed by atoms with Gasteiger partial charge in [0.1, 0.15) is 11.4 Å². The Labute approximate surface area is 115 Å². The fourth-order valence-electron chi connectivity index (χ4n) is 1.59. The number of nitrogens with zero attached hydrogens (tertiary/aromatic N) is 1. The van der Waals surface area contributed by atoms with Crippen LogP contribution in [0.3, 0.4) is 0 Å². The van der Waals surface area contributed by atoms with Crippen LogP contribution in [-0.2, 0) is 6.42 Å². The first kappa shape index (κ1) is 15.3. The Kier molecular flexibility index (Phi) is 5.21. The van der Waals surface area contributed by atoms with E-state index < -0.39 is 0 Å². The van der Waals surface area contributed by atoms with Crippen molar-refractivity contribution in [1.29, 1.82) is 0 Å². The molecule has 0 fully saturated rings. The van der Waals surface area contributed by atoms with Gasteiger partial charge in [-0.3, -0.25) is 0 Å². The Morgan fingerprint density at radius 3 is 2.58 bits per heavy atom. The Balaban J connectivity index is 2.51. The minimum absolute atomic E-state index is 0.0675. The average Bonchev–Trinajstić information content (AvgIpc) is 2.26. The lowest BCUT2D eigenvalue weighted by Crippen LogP contribution is -2.35. The van der Waals surface area contributed by atoms with Gasteiger partial charge in [-0.15, -0.1) is 0 Å². The van der Waals surface area contributed by atoms with E-state index in [1.54, 1.807) is 14.1 Å². The zero-order valence-electron chi connectivity index (χ0n) is 12.5. The maximum Gasteiger partial charge on any atom is 0.316 e. The second kappa shape index (κ2) is 6.45. The summed E-state index contributed by atoms with van der Waals surface area (Å²) in [5, 5.41) is 2.84. The summed E-state index contributed by atoms with van der Waals surface area (Å²) in [7, 11) is 3.46. The van der Waals surface area contributed by atoms with Crippen LogP contribution in [-0.4, -0.2) is 37.2 Å². The van der Waals surface area contributed by atoms with Gasteiger partial charge in [0.2, 0.25) is 0 Å². The van der Waals surface area contributed by atoms with Gasteiger partial charge in [-0.25, -0.2) is 4.79 Å². The van der Waals surface area contributed by atoms with Gasteiger partial charge in [0, 0.05) is 20.6 Å². The molecule has 4 heteroatoms. The van der Waals surface area contributed by atoms with Crippen LogP contribution in [0.2, 0.25) is 0 Å². The van der Waals surface area contributed by atoms with Crippen molar-refractivity contribution in [1.82, 2.24) is 10.2 Å². The van der Waals surface area contributed by atoms with Crippen molar-refractivity contribution in [3.63, 3.8) is 0 Å². The number of carbonyl (C=O) groups excluding carboxylic acids is 1. The monoisotopic (exact) mass is 264 g/mol. The number of ether oxygens (including phenoxy) is 1. The SMILES string of the molecule is CN(C)C(=O)NCCc1cccc(OC(C)(C)C)c1. The third-order valence-corrected chi connectivity index (χ3v) is 2.42. The number of hydrogen-bond acceptors (Lipinski definition) is 2. The maximum atomic E-state index is 11.4. The van der Waals surface area contributed by atoms with E-state index in [4.69, 9.17) is 4.74 Å². The van der Waals surface area contributed by atoms with Gasteiger partial charge in [0.05, 0.1) is 0 Å². The molecule has 1 aromatic rings. The highest BCUT2D eigenvalue weighted by Gasteiger charge is 2.11. The van der Waals surface area contributed by atoms with E-state index in [1.165, 1.54) is 4.90 Å². The van der Waals surface area contributed by atoms with Crippen molar-refractivity contribution in [2.45, 2.75) is 32.8 Å². The van der Waals surface area contributed by atoms with Crippen LogP contribution in [0.4, 0.5) is 4.79 Å². The third-order valence-electron chi connectivity index (χ3n) is 2.42. The van der Waals surface area contributed by atoms with Crippen molar-refractivity contribution < 1.29 is 9.53 Å². The Morgan fingerprint density at radius 2 is 2.00 bits per heavy atom. The maximum absolute atomic E-state index is 11.4. The first-order chi connectivity index (χ1) is 8.78. The first-order valence-electron chi connectivity index (χ1n) is 6.51. The highest BCUT2D eigenvalue weighted by Crippen LogP contribution is 2.19. The first-order valence-corrected chi connectivity index (χ1v) is 6.51. The van der Waals surface area contributed by atoms with Crippen molar-refractivity contribution in [3.8, 4) is 5.75 Å². The van der Waals surface area contributed by atoms with Crippen molar-refractivity contribution in [3.05, 3.63) is 29.8 Å². The number of rotatable bonds is 4. The van der Waals surface area contributed by atoms with Gasteiger partial charge in [-0.05, 0) is 44.9 Å². The summed E-state index contributed by atoms with van der Waals surface area (Å²) in [6.07, 6.45) is 0.793. The largest absolute Gasteiger partial charge is 0.488 e.